The predicted molar refractivity (Wildman–Crippen MR) is 44.8 cm³/mol. The fourth-order valence-electron chi connectivity index (χ4n) is 0.813. The third-order valence-corrected chi connectivity index (χ3v) is 1.46. The zero-order valence-electron chi connectivity index (χ0n) is 6.94. The van der Waals surface area contributed by atoms with Gasteiger partial charge >= 0.3 is 0 Å². The molecule has 0 saturated carbocycles. The number of aliphatic hydroxyl groups excluding tert-OH is 2. The molecule has 1 aromatic rings. The van der Waals surface area contributed by atoms with Crippen LogP contribution >= 0.6 is 0 Å². The van der Waals surface area contributed by atoms with Gasteiger partial charge in [-0.25, -0.2) is 0 Å². The molecule has 1 rings (SSSR count). The van der Waals surface area contributed by atoms with Crippen molar-refractivity contribution < 1.29 is 10.2 Å². The van der Waals surface area contributed by atoms with Crippen molar-refractivity contribution in [3.8, 4) is 0 Å². The van der Waals surface area contributed by atoms with Crippen molar-refractivity contribution in [1.29, 1.82) is 0 Å². The smallest absolute Gasteiger partial charge is 0.0942 e. The van der Waals surface area contributed by atoms with Gasteiger partial charge in [0.25, 0.3) is 0 Å². The highest BCUT2D eigenvalue weighted by Crippen LogP contribution is 2.02. The van der Waals surface area contributed by atoms with E-state index in [4.69, 9.17) is 10.2 Å². The molecule has 0 aliphatic carbocycles. The van der Waals surface area contributed by atoms with E-state index in [0.717, 1.165) is 5.69 Å². The van der Waals surface area contributed by atoms with Crippen molar-refractivity contribution in [1.82, 2.24) is 9.78 Å². The first kappa shape index (κ1) is 9.02. The molecule has 0 fully saturated rings. The van der Waals surface area contributed by atoms with Gasteiger partial charge in [-0.2, -0.15) is 5.10 Å². The van der Waals surface area contributed by atoms with Crippen LogP contribution in [0, 0.1) is 0 Å². The van der Waals surface area contributed by atoms with E-state index in [1.807, 2.05) is 7.05 Å². The summed E-state index contributed by atoms with van der Waals surface area (Å²) < 4.78 is 1.66. The molecule has 3 N–H and O–H groups in total. The van der Waals surface area contributed by atoms with Gasteiger partial charge in [0.1, 0.15) is 0 Å². The number of anilines is 1. The van der Waals surface area contributed by atoms with Crippen LogP contribution in [0.5, 0.6) is 0 Å². The van der Waals surface area contributed by atoms with Crippen LogP contribution in [-0.2, 0) is 7.05 Å². The molecule has 68 valence electrons. The van der Waals surface area contributed by atoms with Crippen LogP contribution in [0.3, 0.4) is 0 Å². The standard InChI is InChI=1S/C7H13N3O2/c1-10-4-6(2-9-10)8-3-7(12)5-11/h2,4,7-8,11-12H,3,5H2,1H3. The first-order valence-corrected chi connectivity index (χ1v) is 3.74. The summed E-state index contributed by atoms with van der Waals surface area (Å²) in [5, 5.41) is 24.3. The summed E-state index contributed by atoms with van der Waals surface area (Å²) in [5.41, 5.74) is 0.838. The van der Waals surface area contributed by atoms with Gasteiger partial charge in [-0.1, -0.05) is 0 Å². The molecule has 0 saturated heterocycles. The van der Waals surface area contributed by atoms with Crippen molar-refractivity contribution in [2.45, 2.75) is 6.10 Å². The maximum atomic E-state index is 8.99. The molecule has 12 heavy (non-hydrogen) atoms. The van der Waals surface area contributed by atoms with Crippen LogP contribution in [-0.4, -0.2) is 39.2 Å². The Bertz CT molecular complexity index is 236. The Morgan fingerprint density at radius 3 is 3.00 bits per heavy atom. The average Bonchev–Trinajstić information content (AvgIpc) is 2.47. The highest BCUT2D eigenvalue weighted by molar-refractivity contribution is 5.37. The second-order valence-corrected chi connectivity index (χ2v) is 2.62. The largest absolute Gasteiger partial charge is 0.394 e. The van der Waals surface area contributed by atoms with E-state index in [-0.39, 0.29) is 6.61 Å². The normalized spacial score (nSPS) is 12.9. The second kappa shape index (κ2) is 4.08. The highest BCUT2D eigenvalue weighted by atomic mass is 16.3. The van der Waals surface area contributed by atoms with Gasteiger partial charge in [0.15, 0.2) is 0 Å². The van der Waals surface area contributed by atoms with E-state index in [0.29, 0.717) is 6.54 Å². The third-order valence-electron chi connectivity index (χ3n) is 1.46. The Kier molecular flexibility index (Phi) is 3.07. The number of aryl methyl sites for hydroxylation is 1. The molecule has 0 amide bonds. The fraction of sp³-hybridized carbons (Fsp3) is 0.571. The first-order chi connectivity index (χ1) is 5.72. The molecule has 5 nitrogen and oxygen atoms in total. The molecule has 0 radical (unpaired) electrons. The van der Waals surface area contributed by atoms with Crippen molar-refractivity contribution in [3.63, 3.8) is 0 Å². The molecule has 0 aromatic carbocycles. The van der Waals surface area contributed by atoms with E-state index in [1.165, 1.54) is 0 Å². The zero-order chi connectivity index (χ0) is 8.97. The molecule has 0 bridgehead atoms. The minimum Gasteiger partial charge on any atom is -0.394 e. The molecule has 5 heteroatoms. The number of hydrogen-bond acceptors (Lipinski definition) is 4. The maximum Gasteiger partial charge on any atom is 0.0942 e. The monoisotopic (exact) mass is 171 g/mol. The summed E-state index contributed by atoms with van der Waals surface area (Å²) in [7, 11) is 1.81. The van der Waals surface area contributed by atoms with Gasteiger partial charge in [-0.05, 0) is 0 Å². The lowest BCUT2D eigenvalue weighted by Gasteiger charge is -2.07. The van der Waals surface area contributed by atoms with E-state index in [2.05, 4.69) is 10.4 Å². The molecule has 0 aliphatic rings. The van der Waals surface area contributed by atoms with Crippen LogP contribution in [0.2, 0.25) is 0 Å². The molecule has 0 aliphatic heterocycles. The van der Waals surface area contributed by atoms with Gasteiger partial charge in [0, 0.05) is 19.8 Å². The van der Waals surface area contributed by atoms with Crippen molar-refractivity contribution in [2.75, 3.05) is 18.5 Å². The molecule has 1 heterocycles. The molecule has 1 atom stereocenters. The van der Waals surface area contributed by atoms with Crippen LogP contribution < -0.4 is 5.32 Å². The van der Waals surface area contributed by atoms with Gasteiger partial charge in [-0.3, -0.25) is 4.68 Å². The summed E-state index contributed by atoms with van der Waals surface area (Å²) in [4.78, 5) is 0. The van der Waals surface area contributed by atoms with Crippen molar-refractivity contribution >= 4 is 5.69 Å². The Labute approximate surface area is 70.6 Å². The maximum absolute atomic E-state index is 8.99. The summed E-state index contributed by atoms with van der Waals surface area (Å²) in [5.74, 6) is 0. The van der Waals surface area contributed by atoms with Crippen LogP contribution in [0.15, 0.2) is 12.4 Å². The number of rotatable bonds is 4. The summed E-state index contributed by atoms with van der Waals surface area (Å²) in [6, 6.07) is 0. The molecule has 1 unspecified atom stereocenters. The first-order valence-electron chi connectivity index (χ1n) is 3.74. The Balaban J connectivity index is 2.33. The summed E-state index contributed by atoms with van der Waals surface area (Å²) >= 11 is 0. The van der Waals surface area contributed by atoms with E-state index in [1.54, 1.807) is 17.1 Å². The van der Waals surface area contributed by atoms with Gasteiger partial charge in [0.2, 0.25) is 0 Å². The molecule has 1 aromatic heterocycles. The molecule has 0 spiro atoms. The second-order valence-electron chi connectivity index (χ2n) is 2.62. The number of nitrogens with zero attached hydrogens (tertiary/aromatic N) is 2. The summed E-state index contributed by atoms with van der Waals surface area (Å²) in [6.07, 6.45) is 2.74. The van der Waals surface area contributed by atoms with Crippen LogP contribution in [0.1, 0.15) is 0 Å². The molecular formula is C7H13N3O2. The fourth-order valence-corrected chi connectivity index (χ4v) is 0.813. The van der Waals surface area contributed by atoms with E-state index in [9.17, 15) is 0 Å². The SMILES string of the molecule is Cn1cc(NCC(O)CO)cn1. The quantitative estimate of drug-likeness (QED) is 0.554. The number of aliphatic hydroxyl groups is 2. The number of aromatic nitrogens is 2. The van der Waals surface area contributed by atoms with E-state index < -0.39 is 6.10 Å². The van der Waals surface area contributed by atoms with Gasteiger partial charge in [-0.15, -0.1) is 0 Å². The van der Waals surface area contributed by atoms with Crippen molar-refractivity contribution in [2.24, 2.45) is 7.05 Å². The van der Waals surface area contributed by atoms with Crippen LogP contribution in [0.25, 0.3) is 0 Å². The molecular weight excluding hydrogens is 158 g/mol. The third kappa shape index (κ3) is 2.52. The Morgan fingerprint density at radius 2 is 2.50 bits per heavy atom. The summed E-state index contributed by atoms with van der Waals surface area (Å²) in [6.45, 7) is 0.107. The number of hydrogen-bond donors (Lipinski definition) is 3. The van der Waals surface area contributed by atoms with E-state index >= 15 is 0 Å². The van der Waals surface area contributed by atoms with Gasteiger partial charge in [0.05, 0.1) is 24.6 Å². The lowest BCUT2D eigenvalue weighted by atomic mass is 10.4. The Morgan fingerprint density at radius 1 is 1.75 bits per heavy atom. The average molecular weight is 171 g/mol. The van der Waals surface area contributed by atoms with Gasteiger partial charge < -0.3 is 15.5 Å². The Hall–Kier alpha value is -1.07. The lowest BCUT2D eigenvalue weighted by Crippen LogP contribution is -2.22. The minimum absolute atomic E-state index is 0.229. The topological polar surface area (TPSA) is 70.3 Å². The number of nitrogens with one attached hydrogen (secondary N) is 1. The highest BCUT2D eigenvalue weighted by Gasteiger charge is 2.01. The van der Waals surface area contributed by atoms with Crippen molar-refractivity contribution in [3.05, 3.63) is 12.4 Å². The minimum atomic E-state index is -0.717. The zero-order valence-corrected chi connectivity index (χ0v) is 6.94. The predicted octanol–water partition coefficient (Wildman–Crippen LogP) is -0.815. The lowest BCUT2D eigenvalue weighted by molar-refractivity contribution is 0.105. The van der Waals surface area contributed by atoms with Crippen LogP contribution in [0.4, 0.5) is 5.69 Å².